The molecule has 0 bridgehead atoms. The molecule has 6 heteroatoms. The first-order valence-corrected chi connectivity index (χ1v) is 6.81. The van der Waals surface area contributed by atoms with Gasteiger partial charge in [-0.05, 0) is 36.4 Å². The van der Waals surface area contributed by atoms with Crippen LogP contribution in [0.5, 0.6) is 5.75 Å². The summed E-state index contributed by atoms with van der Waals surface area (Å²) in [7, 11) is 2.80. The van der Waals surface area contributed by atoms with E-state index in [1.807, 2.05) is 0 Å². The van der Waals surface area contributed by atoms with Crippen LogP contribution in [0.1, 0.15) is 15.9 Å². The van der Waals surface area contributed by atoms with Crippen LogP contribution in [0.4, 0.5) is 0 Å². The van der Waals surface area contributed by atoms with E-state index >= 15 is 0 Å². The number of carbonyl (C=O) groups excluding carboxylic acids is 2. The minimum Gasteiger partial charge on any atom is -0.497 e. The molecule has 2 rings (SSSR count). The molecule has 0 aliphatic heterocycles. The first-order chi connectivity index (χ1) is 11.2. The van der Waals surface area contributed by atoms with Crippen LogP contribution in [-0.2, 0) is 9.53 Å². The number of benzene rings is 2. The molecule has 1 N–H and O–H groups in total. The Balaban J connectivity index is 2.24. The molecule has 0 aromatic heterocycles. The van der Waals surface area contributed by atoms with Gasteiger partial charge in [0.1, 0.15) is 5.75 Å². The molecule has 6 nitrogen and oxygen atoms in total. The molecule has 0 aliphatic carbocycles. The highest BCUT2D eigenvalue weighted by Gasteiger charge is 2.16. The number of carbonyl (C=O) groups is 2. The zero-order valence-electron chi connectivity index (χ0n) is 12.8. The van der Waals surface area contributed by atoms with Gasteiger partial charge in [-0.3, -0.25) is 4.79 Å². The van der Waals surface area contributed by atoms with Gasteiger partial charge in [0, 0.05) is 11.1 Å². The zero-order chi connectivity index (χ0) is 16.7. The molecule has 0 atom stereocenters. The van der Waals surface area contributed by atoms with Gasteiger partial charge in [-0.2, -0.15) is 5.10 Å². The van der Waals surface area contributed by atoms with Gasteiger partial charge >= 0.3 is 5.97 Å². The van der Waals surface area contributed by atoms with Gasteiger partial charge < -0.3 is 9.47 Å². The van der Waals surface area contributed by atoms with Crippen LogP contribution in [0.2, 0.25) is 0 Å². The zero-order valence-corrected chi connectivity index (χ0v) is 12.8. The van der Waals surface area contributed by atoms with Gasteiger partial charge in [0.15, 0.2) is 5.71 Å². The van der Waals surface area contributed by atoms with Crippen LogP contribution in [-0.4, -0.2) is 31.8 Å². The smallest absolute Gasteiger partial charge is 0.359 e. The van der Waals surface area contributed by atoms with Crippen LogP contribution < -0.4 is 10.2 Å². The first kappa shape index (κ1) is 16.2. The number of amides is 1. The highest BCUT2D eigenvalue weighted by atomic mass is 16.5. The maximum Gasteiger partial charge on any atom is 0.359 e. The normalized spacial score (nSPS) is 10.8. The third kappa shape index (κ3) is 4.16. The summed E-state index contributed by atoms with van der Waals surface area (Å²) in [6, 6.07) is 15.3. The van der Waals surface area contributed by atoms with E-state index in [1.165, 1.54) is 7.11 Å². The number of nitrogens with zero attached hydrogens (tertiary/aromatic N) is 1. The number of methoxy groups -OCH3 is 2. The number of hydrogen-bond acceptors (Lipinski definition) is 5. The lowest BCUT2D eigenvalue weighted by molar-refractivity contribution is -0.132. The third-order valence-electron chi connectivity index (χ3n) is 3.05. The molecule has 0 saturated carbocycles. The molecule has 23 heavy (non-hydrogen) atoms. The van der Waals surface area contributed by atoms with Gasteiger partial charge in [-0.25, -0.2) is 10.2 Å². The predicted octanol–water partition coefficient (Wildman–Crippen LogP) is 2.00. The van der Waals surface area contributed by atoms with Crippen molar-refractivity contribution in [3.05, 3.63) is 65.7 Å². The highest BCUT2D eigenvalue weighted by molar-refractivity contribution is 6.43. The lowest BCUT2D eigenvalue weighted by atomic mass is 10.1. The Kier molecular flexibility index (Phi) is 5.46. The summed E-state index contributed by atoms with van der Waals surface area (Å²) in [4.78, 5) is 23.9. The van der Waals surface area contributed by atoms with E-state index in [1.54, 1.807) is 61.7 Å². The lowest BCUT2D eigenvalue weighted by Crippen LogP contribution is -2.25. The Morgan fingerprint density at radius 2 is 1.57 bits per heavy atom. The largest absolute Gasteiger partial charge is 0.497 e. The van der Waals surface area contributed by atoms with Crippen molar-refractivity contribution in [2.24, 2.45) is 5.10 Å². The molecule has 0 heterocycles. The van der Waals surface area contributed by atoms with Crippen LogP contribution in [0.3, 0.4) is 0 Å². The number of rotatable bonds is 5. The summed E-state index contributed by atoms with van der Waals surface area (Å²) in [5.74, 6) is -0.421. The van der Waals surface area contributed by atoms with Crippen molar-refractivity contribution in [3.8, 4) is 5.75 Å². The Morgan fingerprint density at radius 1 is 0.913 bits per heavy atom. The van der Waals surface area contributed by atoms with E-state index in [0.717, 1.165) is 0 Å². The Morgan fingerprint density at radius 3 is 2.13 bits per heavy atom. The average molecular weight is 312 g/mol. The average Bonchev–Trinajstić information content (AvgIpc) is 2.62. The molecule has 0 spiro atoms. The molecule has 2 aromatic carbocycles. The fraction of sp³-hybridized carbons (Fsp3) is 0.118. The molecular formula is C17H16N2O4. The van der Waals surface area contributed by atoms with Crippen LogP contribution in [0.15, 0.2) is 59.7 Å². The second-order valence-electron chi connectivity index (χ2n) is 4.49. The van der Waals surface area contributed by atoms with Crippen molar-refractivity contribution in [3.63, 3.8) is 0 Å². The summed E-state index contributed by atoms with van der Waals surface area (Å²) in [6.45, 7) is 0. The summed E-state index contributed by atoms with van der Waals surface area (Å²) < 4.78 is 9.78. The van der Waals surface area contributed by atoms with E-state index in [4.69, 9.17) is 9.47 Å². The van der Waals surface area contributed by atoms with Crippen molar-refractivity contribution in [1.29, 1.82) is 0 Å². The SMILES string of the molecule is COC(=O)/C(=N\NC(=O)c1ccccc1)c1ccc(OC)cc1. The van der Waals surface area contributed by atoms with Crippen molar-refractivity contribution < 1.29 is 19.1 Å². The number of nitrogens with one attached hydrogen (secondary N) is 1. The molecule has 0 radical (unpaired) electrons. The molecule has 0 unspecified atom stereocenters. The van der Waals surface area contributed by atoms with Crippen molar-refractivity contribution in [1.82, 2.24) is 5.43 Å². The number of hydrazone groups is 1. The molecule has 118 valence electrons. The van der Waals surface area contributed by atoms with Crippen LogP contribution >= 0.6 is 0 Å². The Hall–Kier alpha value is -3.15. The fourth-order valence-corrected chi connectivity index (χ4v) is 1.83. The van der Waals surface area contributed by atoms with Crippen molar-refractivity contribution in [2.75, 3.05) is 14.2 Å². The maximum absolute atomic E-state index is 12.0. The summed E-state index contributed by atoms with van der Waals surface area (Å²) in [5, 5.41) is 3.90. The summed E-state index contributed by atoms with van der Waals surface area (Å²) >= 11 is 0. The molecule has 0 fully saturated rings. The molecule has 2 aromatic rings. The lowest BCUT2D eigenvalue weighted by Gasteiger charge is -2.07. The standard InChI is InChI=1S/C17H16N2O4/c1-22-14-10-8-12(9-11-14)15(17(21)23-2)18-19-16(20)13-6-4-3-5-7-13/h3-11H,1-2H3,(H,19,20)/b18-15-. The highest BCUT2D eigenvalue weighted by Crippen LogP contribution is 2.12. The van der Waals surface area contributed by atoms with E-state index in [2.05, 4.69) is 10.5 Å². The van der Waals surface area contributed by atoms with E-state index in [0.29, 0.717) is 16.9 Å². The molecular weight excluding hydrogens is 296 g/mol. The van der Waals surface area contributed by atoms with Gasteiger partial charge in [0.25, 0.3) is 5.91 Å². The van der Waals surface area contributed by atoms with Crippen molar-refractivity contribution >= 4 is 17.6 Å². The van der Waals surface area contributed by atoms with Gasteiger partial charge in [0.2, 0.25) is 0 Å². The first-order valence-electron chi connectivity index (χ1n) is 6.81. The minimum atomic E-state index is -0.650. The van der Waals surface area contributed by atoms with Gasteiger partial charge in [-0.15, -0.1) is 0 Å². The second kappa shape index (κ2) is 7.74. The summed E-state index contributed by atoms with van der Waals surface area (Å²) in [6.07, 6.45) is 0. The number of esters is 1. The van der Waals surface area contributed by atoms with E-state index < -0.39 is 11.9 Å². The molecule has 1 amide bonds. The van der Waals surface area contributed by atoms with Gasteiger partial charge in [-0.1, -0.05) is 18.2 Å². The number of hydrogen-bond donors (Lipinski definition) is 1. The van der Waals surface area contributed by atoms with E-state index in [-0.39, 0.29) is 5.71 Å². The quantitative estimate of drug-likeness (QED) is 0.520. The summed E-state index contributed by atoms with van der Waals surface area (Å²) in [5.41, 5.74) is 3.30. The number of ether oxygens (including phenoxy) is 2. The topological polar surface area (TPSA) is 77.0 Å². The minimum absolute atomic E-state index is 0.000524. The van der Waals surface area contributed by atoms with E-state index in [9.17, 15) is 9.59 Å². The molecule has 0 saturated heterocycles. The maximum atomic E-state index is 12.0. The van der Waals surface area contributed by atoms with Crippen molar-refractivity contribution in [2.45, 2.75) is 0 Å². The Labute approximate surface area is 133 Å². The van der Waals surface area contributed by atoms with Crippen LogP contribution in [0.25, 0.3) is 0 Å². The van der Waals surface area contributed by atoms with Crippen LogP contribution in [0, 0.1) is 0 Å². The second-order valence-corrected chi connectivity index (χ2v) is 4.49. The molecule has 0 aliphatic rings. The monoisotopic (exact) mass is 312 g/mol. The predicted molar refractivity (Wildman–Crippen MR) is 85.5 cm³/mol. The fourth-order valence-electron chi connectivity index (χ4n) is 1.83. The van der Waals surface area contributed by atoms with Gasteiger partial charge in [0.05, 0.1) is 14.2 Å². The Bertz CT molecular complexity index is 709. The third-order valence-corrected chi connectivity index (χ3v) is 3.05.